The summed E-state index contributed by atoms with van der Waals surface area (Å²) in [7, 11) is 0. The van der Waals surface area contributed by atoms with Gasteiger partial charge in [0.2, 0.25) is 11.8 Å². The number of imide groups is 1. The lowest BCUT2D eigenvalue weighted by atomic mass is 9.97. The molecule has 0 bridgehead atoms. The number of anilines is 1. The zero-order valence-electron chi connectivity index (χ0n) is 17.1. The van der Waals surface area contributed by atoms with Gasteiger partial charge in [-0.3, -0.25) is 24.6 Å². The molecule has 4 heterocycles. The van der Waals surface area contributed by atoms with Gasteiger partial charge >= 0.3 is 0 Å². The molecule has 10 heteroatoms. The molecular formula is C20H29N7O3. The summed E-state index contributed by atoms with van der Waals surface area (Å²) in [5, 5.41) is 16.5. The third kappa shape index (κ3) is 5.11. The van der Waals surface area contributed by atoms with E-state index in [4.69, 9.17) is 0 Å². The Morgan fingerprint density at radius 2 is 1.83 bits per heavy atom. The molecule has 10 nitrogen and oxygen atoms in total. The monoisotopic (exact) mass is 415 g/mol. The Kier molecular flexibility index (Phi) is 6.53. The van der Waals surface area contributed by atoms with E-state index in [1.807, 2.05) is 0 Å². The van der Waals surface area contributed by atoms with E-state index in [9.17, 15) is 14.4 Å². The molecule has 0 radical (unpaired) electrons. The summed E-state index contributed by atoms with van der Waals surface area (Å²) >= 11 is 0. The Labute approximate surface area is 175 Å². The fourth-order valence-corrected chi connectivity index (χ4v) is 4.27. The van der Waals surface area contributed by atoms with Crippen molar-refractivity contribution >= 4 is 23.5 Å². The van der Waals surface area contributed by atoms with Gasteiger partial charge in [-0.1, -0.05) is 0 Å². The van der Waals surface area contributed by atoms with Crippen molar-refractivity contribution in [2.75, 3.05) is 50.7 Å². The van der Waals surface area contributed by atoms with Crippen molar-refractivity contribution in [3.8, 4) is 0 Å². The molecule has 0 spiro atoms. The van der Waals surface area contributed by atoms with Crippen molar-refractivity contribution in [1.82, 2.24) is 31.0 Å². The summed E-state index contributed by atoms with van der Waals surface area (Å²) in [5.74, 6) is 0.293. The number of hydrogen-bond donors (Lipinski definition) is 3. The average Bonchev–Trinajstić information content (AvgIpc) is 2.77. The van der Waals surface area contributed by atoms with Gasteiger partial charge in [-0.2, -0.15) is 0 Å². The molecule has 0 aliphatic carbocycles. The highest BCUT2D eigenvalue weighted by Gasteiger charge is 2.28. The van der Waals surface area contributed by atoms with Gasteiger partial charge in [-0.25, -0.2) is 0 Å². The molecule has 30 heavy (non-hydrogen) atoms. The van der Waals surface area contributed by atoms with Crippen molar-refractivity contribution in [2.24, 2.45) is 5.92 Å². The first kappa shape index (κ1) is 20.7. The van der Waals surface area contributed by atoms with Crippen LogP contribution in [0.3, 0.4) is 0 Å². The van der Waals surface area contributed by atoms with Crippen molar-refractivity contribution in [2.45, 2.75) is 31.7 Å². The zero-order valence-corrected chi connectivity index (χ0v) is 17.1. The van der Waals surface area contributed by atoms with Gasteiger partial charge in [0.25, 0.3) is 5.91 Å². The number of amides is 3. The van der Waals surface area contributed by atoms with Crippen LogP contribution < -0.4 is 20.9 Å². The third-order valence-electron chi connectivity index (χ3n) is 6.10. The molecule has 0 saturated carbocycles. The molecule has 1 aromatic rings. The van der Waals surface area contributed by atoms with E-state index in [1.165, 1.54) is 19.4 Å². The van der Waals surface area contributed by atoms with E-state index < -0.39 is 17.9 Å². The number of nitrogens with zero attached hydrogens (tertiary/aromatic N) is 4. The van der Waals surface area contributed by atoms with Crippen molar-refractivity contribution in [1.29, 1.82) is 0 Å². The van der Waals surface area contributed by atoms with E-state index in [0.717, 1.165) is 51.0 Å². The van der Waals surface area contributed by atoms with Gasteiger partial charge in [0.1, 0.15) is 6.04 Å². The van der Waals surface area contributed by atoms with Crippen LogP contribution >= 0.6 is 0 Å². The zero-order chi connectivity index (χ0) is 20.9. The minimum Gasteiger partial charge on any atom is -0.353 e. The van der Waals surface area contributed by atoms with Gasteiger partial charge in [0.05, 0.1) is 0 Å². The third-order valence-corrected chi connectivity index (χ3v) is 6.10. The first-order chi connectivity index (χ1) is 14.6. The minimum atomic E-state index is -0.718. The van der Waals surface area contributed by atoms with Crippen LogP contribution in [-0.2, 0) is 9.59 Å². The second-order valence-corrected chi connectivity index (χ2v) is 8.23. The highest BCUT2D eigenvalue weighted by atomic mass is 16.2. The number of carbonyl (C=O) groups is 3. The van der Waals surface area contributed by atoms with Crippen LogP contribution in [0.4, 0.5) is 5.82 Å². The lowest BCUT2D eigenvalue weighted by molar-refractivity contribution is -0.134. The van der Waals surface area contributed by atoms with Gasteiger partial charge in [-0.15, -0.1) is 10.2 Å². The highest BCUT2D eigenvalue weighted by molar-refractivity contribution is 6.03. The second kappa shape index (κ2) is 9.48. The molecule has 3 amide bonds. The van der Waals surface area contributed by atoms with Crippen LogP contribution in [0.15, 0.2) is 12.1 Å². The van der Waals surface area contributed by atoms with Crippen LogP contribution in [-0.4, -0.2) is 84.7 Å². The van der Waals surface area contributed by atoms with Gasteiger partial charge in [-0.05, 0) is 50.4 Å². The first-order valence-corrected chi connectivity index (χ1v) is 10.7. The van der Waals surface area contributed by atoms with Gasteiger partial charge in [0, 0.05) is 39.1 Å². The van der Waals surface area contributed by atoms with E-state index in [-0.39, 0.29) is 18.0 Å². The normalized spacial score (nSPS) is 23.9. The molecule has 3 N–H and O–H groups in total. The summed E-state index contributed by atoms with van der Waals surface area (Å²) in [6.45, 7) is 7.21. The van der Waals surface area contributed by atoms with Crippen LogP contribution in [0, 0.1) is 5.92 Å². The minimum absolute atomic E-state index is 0.160. The molecule has 1 unspecified atom stereocenters. The average molecular weight is 415 g/mol. The van der Waals surface area contributed by atoms with Crippen LogP contribution in [0.2, 0.25) is 0 Å². The number of nitrogens with one attached hydrogen (secondary N) is 3. The van der Waals surface area contributed by atoms with Crippen molar-refractivity contribution in [3.63, 3.8) is 0 Å². The standard InChI is InChI=1S/C20H29N7O3/c28-18-4-2-15(19(29)23-18)22-20(30)16-1-3-17(25-24-16)27-11-9-26(10-12-27)13-14-5-7-21-8-6-14/h1,3,14-15,21H,2,4-13H2,(H,22,30)(H,23,28,29). The van der Waals surface area contributed by atoms with Gasteiger partial charge in [0.15, 0.2) is 11.5 Å². The summed E-state index contributed by atoms with van der Waals surface area (Å²) in [5.41, 5.74) is 0.160. The lowest BCUT2D eigenvalue weighted by Crippen LogP contribution is -2.52. The summed E-state index contributed by atoms with van der Waals surface area (Å²) < 4.78 is 0. The van der Waals surface area contributed by atoms with Crippen LogP contribution in [0.1, 0.15) is 36.2 Å². The number of piperidine rings is 2. The number of piperazine rings is 1. The summed E-state index contributed by atoms with van der Waals surface area (Å²) in [6.07, 6.45) is 3.02. The lowest BCUT2D eigenvalue weighted by Gasteiger charge is -2.37. The number of rotatable bonds is 5. The second-order valence-electron chi connectivity index (χ2n) is 8.23. The fourth-order valence-electron chi connectivity index (χ4n) is 4.27. The largest absolute Gasteiger partial charge is 0.353 e. The van der Waals surface area contributed by atoms with Gasteiger partial charge < -0.3 is 15.5 Å². The topological polar surface area (TPSA) is 120 Å². The molecule has 1 atom stereocenters. The Bertz CT molecular complexity index is 771. The maximum atomic E-state index is 12.4. The summed E-state index contributed by atoms with van der Waals surface area (Å²) in [4.78, 5) is 40.1. The smallest absolute Gasteiger partial charge is 0.272 e. The Hall–Kier alpha value is -2.59. The van der Waals surface area contributed by atoms with Crippen molar-refractivity contribution < 1.29 is 14.4 Å². The molecule has 1 aromatic heterocycles. The first-order valence-electron chi connectivity index (χ1n) is 10.7. The fraction of sp³-hybridized carbons (Fsp3) is 0.650. The molecule has 3 aliphatic heterocycles. The molecule has 162 valence electrons. The molecular weight excluding hydrogens is 386 g/mol. The molecule has 3 saturated heterocycles. The van der Waals surface area contributed by atoms with E-state index in [0.29, 0.717) is 6.42 Å². The number of carbonyl (C=O) groups excluding carboxylic acids is 3. The quantitative estimate of drug-likeness (QED) is 0.531. The molecule has 3 aliphatic rings. The van der Waals surface area contributed by atoms with E-state index in [1.54, 1.807) is 12.1 Å². The Morgan fingerprint density at radius 1 is 1.07 bits per heavy atom. The van der Waals surface area contributed by atoms with E-state index in [2.05, 4.69) is 35.9 Å². The maximum Gasteiger partial charge on any atom is 0.272 e. The maximum absolute atomic E-state index is 12.4. The SMILES string of the molecule is O=C1CCC(NC(=O)c2ccc(N3CCN(CC4CCNCC4)CC3)nn2)C(=O)N1. The predicted octanol–water partition coefficient (Wildman–Crippen LogP) is -0.867. The van der Waals surface area contributed by atoms with Crippen molar-refractivity contribution in [3.05, 3.63) is 17.8 Å². The van der Waals surface area contributed by atoms with Crippen LogP contribution in [0.5, 0.6) is 0 Å². The molecule has 0 aromatic carbocycles. The van der Waals surface area contributed by atoms with Crippen LogP contribution in [0.25, 0.3) is 0 Å². The Morgan fingerprint density at radius 3 is 2.50 bits per heavy atom. The van der Waals surface area contributed by atoms with E-state index >= 15 is 0 Å². The number of hydrogen-bond acceptors (Lipinski definition) is 8. The Balaban J connectivity index is 1.26. The predicted molar refractivity (Wildman–Crippen MR) is 110 cm³/mol. The molecule has 4 rings (SSSR count). The summed E-state index contributed by atoms with van der Waals surface area (Å²) in [6, 6.07) is 2.71. The number of aromatic nitrogens is 2. The highest BCUT2D eigenvalue weighted by Crippen LogP contribution is 2.17. The molecule has 3 fully saturated rings.